The zero-order chi connectivity index (χ0) is 21.9. The summed E-state index contributed by atoms with van der Waals surface area (Å²) in [5.41, 5.74) is 10.9. The van der Waals surface area contributed by atoms with E-state index < -0.39 is 60.7 Å². The topological polar surface area (TPSA) is 194 Å². The molecule has 0 aliphatic heterocycles. The van der Waals surface area contributed by atoms with Crippen molar-refractivity contribution in [3.8, 4) is 0 Å². The second-order valence-electron chi connectivity index (χ2n) is 6.46. The molecule has 3 unspecified atom stereocenters. The average Bonchev–Trinajstić information content (AvgIpc) is 2.60. The predicted molar refractivity (Wildman–Crippen MR) is 104 cm³/mol. The number of nitrogens with one attached hydrogen (secondary N) is 3. The van der Waals surface area contributed by atoms with Crippen LogP contribution in [0.4, 0.5) is 0 Å². The Labute approximate surface area is 167 Å². The number of nitrogens with two attached hydrogens (primary N) is 2. The van der Waals surface area contributed by atoms with Crippen LogP contribution in [0.2, 0.25) is 0 Å². The highest BCUT2D eigenvalue weighted by atomic mass is 32.2. The van der Waals surface area contributed by atoms with E-state index in [0.29, 0.717) is 12.2 Å². The van der Waals surface area contributed by atoms with Crippen molar-refractivity contribution >= 4 is 41.4 Å². The molecule has 0 aromatic carbocycles. The average molecular weight is 420 g/mol. The van der Waals surface area contributed by atoms with Crippen LogP contribution >= 0.6 is 11.8 Å². The molecule has 11 nitrogen and oxygen atoms in total. The minimum absolute atomic E-state index is 0.340. The van der Waals surface area contributed by atoms with Crippen molar-refractivity contribution in [2.24, 2.45) is 17.4 Å². The molecule has 8 N–H and O–H groups in total. The van der Waals surface area contributed by atoms with Crippen molar-refractivity contribution in [3.63, 3.8) is 0 Å². The van der Waals surface area contributed by atoms with Crippen LogP contribution in [-0.2, 0) is 24.0 Å². The van der Waals surface area contributed by atoms with Gasteiger partial charge in [-0.1, -0.05) is 13.8 Å². The third kappa shape index (κ3) is 10.1. The molecule has 3 atom stereocenters. The second kappa shape index (κ2) is 12.9. The van der Waals surface area contributed by atoms with Crippen molar-refractivity contribution in [1.82, 2.24) is 16.0 Å². The number of carbonyl (C=O) groups excluding carboxylic acids is 4. The molecule has 0 saturated heterocycles. The van der Waals surface area contributed by atoms with Crippen LogP contribution in [0.3, 0.4) is 0 Å². The maximum absolute atomic E-state index is 12.6. The van der Waals surface area contributed by atoms with Gasteiger partial charge in [-0.15, -0.1) is 0 Å². The number of rotatable bonds is 13. The molecule has 0 radical (unpaired) electrons. The van der Waals surface area contributed by atoms with E-state index in [-0.39, 0.29) is 5.92 Å². The van der Waals surface area contributed by atoms with Crippen LogP contribution in [0, 0.1) is 5.92 Å². The molecule has 0 aliphatic carbocycles. The summed E-state index contributed by atoms with van der Waals surface area (Å²) >= 11 is 1.53. The van der Waals surface area contributed by atoms with Gasteiger partial charge >= 0.3 is 5.97 Å². The zero-order valence-corrected chi connectivity index (χ0v) is 17.0. The predicted octanol–water partition coefficient (Wildman–Crippen LogP) is -2.23. The fourth-order valence-corrected chi connectivity index (χ4v) is 2.62. The minimum atomic E-state index is -1.37. The lowest BCUT2D eigenvalue weighted by molar-refractivity contribution is -0.139. The number of primary amides is 1. The number of hydrogen-bond donors (Lipinski definition) is 6. The Morgan fingerprint density at radius 3 is 2.11 bits per heavy atom. The van der Waals surface area contributed by atoms with Gasteiger partial charge in [0, 0.05) is 0 Å². The maximum Gasteiger partial charge on any atom is 0.322 e. The molecular weight excluding hydrogens is 390 g/mol. The summed E-state index contributed by atoms with van der Waals surface area (Å²) in [7, 11) is 0. The minimum Gasteiger partial charge on any atom is -0.480 e. The van der Waals surface area contributed by atoms with E-state index >= 15 is 0 Å². The van der Waals surface area contributed by atoms with E-state index in [0.717, 1.165) is 0 Å². The van der Waals surface area contributed by atoms with Gasteiger partial charge in [0.15, 0.2) is 0 Å². The van der Waals surface area contributed by atoms with Crippen molar-refractivity contribution in [3.05, 3.63) is 0 Å². The zero-order valence-electron chi connectivity index (χ0n) is 16.2. The standard InChI is InChI=1S/C16H29N5O6S/c1-8(2)13(21-14(25)9(17)4-5-28-3)16(27)20-10(6-11(18)22)15(26)19-7-12(23)24/h8-10,13H,4-7,17H2,1-3H3,(H2,18,22)(H,19,26)(H,20,27)(H,21,25)(H,23,24). The molecule has 0 saturated carbocycles. The molecule has 0 bridgehead atoms. The molecule has 0 aromatic heterocycles. The van der Waals surface area contributed by atoms with Crippen molar-refractivity contribution in [2.75, 3.05) is 18.6 Å². The van der Waals surface area contributed by atoms with E-state index in [1.165, 1.54) is 11.8 Å². The highest BCUT2D eigenvalue weighted by Gasteiger charge is 2.30. The first kappa shape index (κ1) is 25.7. The van der Waals surface area contributed by atoms with Gasteiger partial charge in [-0.05, 0) is 24.3 Å². The van der Waals surface area contributed by atoms with E-state index in [1.54, 1.807) is 13.8 Å². The van der Waals surface area contributed by atoms with E-state index in [2.05, 4.69) is 16.0 Å². The summed E-state index contributed by atoms with van der Waals surface area (Å²) in [4.78, 5) is 58.6. The van der Waals surface area contributed by atoms with Gasteiger partial charge in [-0.2, -0.15) is 11.8 Å². The van der Waals surface area contributed by atoms with Crippen LogP contribution in [0.1, 0.15) is 26.7 Å². The first-order valence-electron chi connectivity index (χ1n) is 8.62. The van der Waals surface area contributed by atoms with Gasteiger partial charge < -0.3 is 32.5 Å². The molecule has 0 fully saturated rings. The smallest absolute Gasteiger partial charge is 0.322 e. The summed E-state index contributed by atoms with van der Waals surface area (Å²) < 4.78 is 0. The number of carboxylic acids is 1. The fourth-order valence-electron chi connectivity index (χ4n) is 2.13. The van der Waals surface area contributed by atoms with E-state index in [9.17, 15) is 24.0 Å². The maximum atomic E-state index is 12.6. The first-order chi connectivity index (χ1) is 13.0. The number of amides is 4. The Morgan fingerprint density at radius 2 is 1.64 bits per heavy atom. The van der Waals surface area contributed by atoms with Crippen molar-refractivity contribution < 1.29 is 29.1 Å². The SMILES string of the molecule is CSCCC(N)C(=O)NC(C(=O)NC(CC(N)=O)C(=O)NCC(=O)O)C(C)C. The highest BCUT2D eigenvalue weighted by Crippen LogP contribution is 2.06. The lowest BCUT2D eigenvalue weighted by Crippen LogP contribution is -2.58. The summed E-state index contributed by atoms with van der Waals surface area (Å²) in [6.45, 7) is 2.69. The van der Waals surface area contributed by atoms with Gasteiger partial charge in [-0.3, -0.25) is 24.0 Å². The Hall–Kier alpha value is -2.34. The molecule has 0 rings (SSSR count). The Bertz CT molecular complexity index is 586. The molecule has 4 amide bonds. The normalized spacial score (nSPS) is 13.9. The van der Waals surface area contributed by atoms with E-state index in [4.69, 9.17) is 16.6 Å². The number of hydrogen-bond acceptors (Lipinski definition) is 7. The molecule has 0 heterocycles. The largest absolute Gasteiger partial charge is 0.480 e. The van der Waals surface area contributed by atoms with Gasteiger partial charge in [-0.25, -0.2) is 0 Å². The molecule has 0 spiro atoms. The third-order valence-corrected chi connectivity index (χ3v) is 4.31. The van der Waals surface area contributed by atoms with Crippen LogP contribution in [0.25, 0.3) is 0 Å². The van der Waals surface area contributed by atoms with Gasteiger partial charge in [0.25, 0.3) is 0 Å². The highest BCUT2D eigenvalue weighted by molar-refractivity contribution is 7.98. The Balaban J connectivity index is 5.12. The molecule has 12 heteroatoms. The lowest BCUT2D eigenvalue weighted by Gasteiger charge is -2.25. The number of carbonyl (C=O) groups is 5. The Kier molecular flexibility index (Phi) is 11.9. The fraction of sp³-hybridized carbons (Fsp3) is 0.688. The summed E-state index contributed by atoms with van der Waals surface area (Å²) in [5.74, 6) is -3.91. The summed E-state index contributed by atoms with van der Waals surface area (Å²) in [6.07, 6.45) is 1.79. The molecule has 28 heavy (non-hydrogen) atoms. The van der Waals surface area contributed by atoms with Crippen LogP contribution in [0.15, 0.2) is 0 Å². The number of thioether (sulfide) groups is 1. The van der Waals surface area contributed by atoms with Crippen LogP contribution < -0.4 is 27.4 Å². The van der Waals surface area contributed by atoms with Gasteiger partial charge in [0.05, 0.1) is 12.5 Å². The van der Waals surface area contributed by atoms with Crippen molar-refractivity contribution in [2.45, 2.75) is 44.8 Å². The second-order valence-corrected chi connectivity index (χ2v) is 7.45. The monoisotopic (exact) mass is 419 g/mol. The van der Waals surface area contributed by atoms with Crippen molar-refractivity contribution in [1.29, 1.82) is 0 Å². The number of aliphatic carboxylic acids is 1. The number of carboxylic acid groups (broad SMARTS) is 1. The molecular formula is C16H29N5O6S. The van der Waals surface area contributed by atoms with Gasteiger partial charge in [0.1, 0.15) is 18.6 Å². The Morgan fingerprint density at radius 1 is 1.04 bits per heavy atom. The third-order valence-electron chi connectivity index (χ3n) is 3.67. The quantitative estimate of drug-likeness (QED) is 0.193. The van der Waals surface area contributed by atoms with Crippen LogP contribution in [-0.4, -0.2) is 71.4 Å². The lowest BCUT2D eigenvalue weighted by atomic mass is 10.0. The summed E-state index contributed by atoms with van der Waals surface area (Å²) in [6, 6.07) is -3.16. The molecule has 160 valence electrons. The molecule has 0 aliphatic rings. The van der Waals surface area contributed by atoms with Gasteiger partial charge in [0.2, 0.25) is 23.6 Å². The van der Waals surface area contributed by atoms with E-state index in [1.807, 2.05) is 6.26 Å². The molecule has 0 aromatic rings. The summed E-state index contributed by atoms with van der Waals surface area (Å²) in [5, 5.41) is 15.6. The first-order valence-corrected chi connectivity index (χ1v) is 10.0. The van der Waals surface area contributed by atoms with Crippen LogP contribution in [0.5, 0.6) is 0 Å².